The lowest BCUT2D eigenvalue weighted by atomic mass is 10.1. The van der Waals surface area contributed by atoms with E-state index >= 15 is 0 Å². The molecule has 0 radical (unpaired) electrons. The molecule has 0 bridgehead atoms. The number of ether oxygens (including phenoxy) is 1. The molecule has 0 atom stereocenters. The maximum atomic E-state index is 10.6. The van der Waals surface area contributed by atoms with Crippen LogP contribution in [0.4, 0.5) is 0 Å². The summed E-state index contributed by atoms with van der Waals surface area (Å²) < 4.78 is 5.18. The Morgan fingerprint density at radius 2 is 1.79 bits per heavy atom. The molecule has 0 saturated heterocycles. The van der Waals surface area contributed by atoms with Gasteiger partial charge in [0.05, 0.1) is 0 Å². The number of oxime groups is 1. The molecule has 2 heterocycles. The highest BCUT2D eigenvalue weighted by Crippen LogP contribution is 2.24. The van der Waals surface area contributed by atoms with Crippen molar-refractivity contribution in [1.82, 2.24) is 9.97 Å². The fraction of sp³-hybridized carbons (Fsp3) is 0.143. The minimum Gasteiger partial charge on any atom is -0.482 e. The Kier molecular flexibility index (Phi) is 6.67. The minimum atomic E-state index is -1.02. The minimum absolute atomic E-state index is 0.376. The summed E-state index contributed by atoms with van der Waals surface area (Å²) in [5.74, 6) is -0.518. The topological polar surface area (TPSA) is 93.9 Å². The molecular formula is C21H19N3O4. The largest absolute Gasteiger partial charge is 0.482 e. The van der Waals surface area contributed by atoms with Crippen molar-refractivity contribution in [1.29, 1.82) is 0 Å². The molecule has 0 amide bonds. The Morgan fingerprint density at radius 3 is 2.39 bits per heavy atom. The first-order chi connectivity index (χ1) is 13.7. The van der Waals surface area contributed by atoms with Gasteiger partial charge in [-0.25, -0.2) is 4.79 Å². The van der Waals surface area contributed by atoms with Gasteiger partial charge in [-0.1, -0.05) is 29.4 Å². The summed E-state index contributed by atoms with van der Waals surface area (Å²) in [4.78, 5) is 24.6. The van der Waals surface area contributed by atoms with Gasteiger partial charge < -0.3 is 14.7 Å². The Labute approximate surface area is 162 Å². The van der Waals surface area contributed by atoms with Crippen molar-refractivity contribution in [3.05, 3.63) is 90.0 Å². The highest BCUT2D eigenvalue weighted by molar-refractivity contribution is 5.68. The molecule has 0 fully saturated rings. The van der Waals surface area contributed by atoms with Crippen molar-refractivity contribution in [3.63, 3.8) is 0 Å². The quantitative estimate of drug-likeness (QED) is 0.454. The number of rotatable bonds is 9. The van der Waals surface area contributed by atoms with Gasteiger partial charge >= 0.3 is 5.97 Å². The number of aliphatic carboxylic acids is 1. The molecule has 0 aliphatic heterocycles. The third-order valence-electron chi connectivity index (χ3n) is 3.80. The molecule has 3 rings (SSSR count). The van der Waals surface area contributed by atoms with Crippen LogP contribution in [0.1, 0.15) is 22.8 Å². The zero-order valence-electron chi connectivity index (χ0n) is 15.0. The normalized spacial score (nSPS) is 10.9. The van der Waals surface area contributed by atoms with Crippen LogP contribution in [0.25, 0.3) is 0 Å². The van der Waals surface area contributed by atoms with Crippen LogP contribution in [-0.4, -0.2) is 33.9 Å². The average Bonchev–Trinajstić information content (AvgIpc) is 2.74. The van der Waals surface area contributed by atoms with Gasteiger partial charge in [-0.2, -0.15) is 0 Å². The third-order valence-corrected chi connectivity index (χ3v) is 3.80. The van der Waals surface area contributed by atoms with Gasteiger partial charge in [0.2, 0.25) is 0 Å². The number of carboxylic acid groups (broad SMARTS) is 1. The number of aromatic nitrogens is 2. The number of hydrogen-bond acceptors (Lipinski definition) is 6. The van der Waals surface area contributed by atoms with E-state index in [0.717, 1.165) is 16.7 Å². The summed E-state index contributed by atoms with van der Waals surface area (Å²) in [7, 11) is 0. The summed E-state index contributed by atoms with van der Waals surface area (Å²) in [5.41, 5.74) is 2.67. The van der Waals surface area contributed by atoms with Crippen LogP contribution in [0.2, 0.25) is 0 Å². The summed E-state index contributed by atoms with van der Waals surface area (Å²) in [6.45, 7) is -0.376. The number of benzene rings is 1. The van der Waals surface area contributed by atoms with Crippen LogP contribution >= 0.6 is 0 Å². The molecule has 28 heavy (non-hydrogen) atoms. The first-order valence-electron chi connectivity index (χ1n) is 8.63. The first-order valence-corrected chi connectivity index (χ1v) is 8.63. The van der Waals surface area contributed by atoms with Gasteiger partial charge in [0.1, 0.15) is 5.75 Å². The van der Waals surface area contributed by atoms with E-state index in [1.165, 1.54) is 0 Å². The van der Waals surface area contributed by atoms with Crippen molar-refractivity contribution in [2.24, 2.45) is 5.16 Å². The van der Waals surface area contributed by atoms with Gasteiger partial charge in [-0.15, -0.1) is 0 Å². The molecule has 3 aromatic rings. The standard InChI is InChI=1S/C21H19N3O4/c25-20(26)15-27-19-7-1-4-16(12-19)8-11-24-28-21(17-5-2-9-22-13-17)18-6-3-10-23-14-18/h1-7,9-14,21H,8,15H2,(H,25,26). The molecule has 0 saturated carbocycles. The van der Waals surface area contributed by atoms with Crippen LogP contribution in [0.3, 0.4) is 0 Å². The van der Waals surface area contributed by atoms with Crippen LogP contribution < -0.4 is 4.74 Å². The Balaban J connectivity index is 1.65. The monoisotopic (exact) mass is 377 g/mol. The fourth-order valence-corrected chi connectivity index (χ4v) is 2.53. The average molecular weight is 377 g/mol. The molecule has 2 aromatic heterocycles. The highest BCUT2D eigenvalue weighted by atomic mass is 16.6. The van der Waals surface area contributed by atoms with Crippen LogP contribution in [0.15, 0.2) is 78.5 Å². The highest BCUT2D eigenvalue weighted by Gasteiger charge is 2.15. The third kappa shape index (κ3) is 5.63. The van der Waals surface area contributed by atoms with Gasteiger partial charge in [0, 0.05) is 48.5 Å². The van der Waals surface area contributed by atoms with Crippen molar-refractivity contribution in [2.45, 2.75) is 12.5 Å². The van der Waals surface area contributed by atoms with Gasteiger partial charge in [-0.3, -0.25) is 9.97 Å². The molecule has 0 unspecified atom stereocenters. The maximum Gasteiger partial charge on any atom is 0.341 e. The SMILES string of the molecule is O=C(O)COc1cccc(CC=NOC(c2cccnc2)c2cccnc2)c1. The van der Waals surface area contributed by atoms with E-state index in [1.807, 2.05) is 30.3 Å². The predicted octanol–water partition coefficient (Wildman–Crippen LogP) is 3.27. The molecule has 7 heteroatoms. The van der Waals surface area contributed by atoms with Gasteiger partial charge in [0.25, 0.3) is 0 Å². The molecule has 1 N–H and O–H groups in total. The summed E-state index contributed by atoms with van der Waals surface area (Å²) in [6, 6.07) is 14.7. The van der Waals surface area contributed by atoms with E-state index in [0.29, 0.717) is 12.2 Å². The van der Waals surface area contributed by atoms with E-state index in [2.05, 4.69) is 15.1 Å². The lowest BCUT2D eigenvalue weighted by Crippen LogP contribution is -2.09. The summed E-state index contributed by atoms with van der Waals surface area (Å²) >= 11 is 0. The second kappa shape index (κ2) is 9.82. The number of carbonyl (C=O) groups is 1. The van der Waals surface area contributed by atoms with Crippen molar-refractivity contribution in [3.8, 4) is 5.75 Å². The maximum absolute atomic E-state index is 10.6. The molecule has 7 nitrogen and oxygen atoms in total. The molecule has 142 valence electrons. The molecule has 0 spiro atoms. The lowest BCUT2D eigenvalue weighted by Gasteiger charge is -2.14. The zero-order valence-corrected chi connectivity index (χ0v) is 15.0. The van der Waals surface area contributed by atoms with E-state index in [-0.39, 0.29) is 6.61 Å². The van der Waals surface area contributed by atoms with Crippen molar-refractivity contribution >= 4 is 12.2 Å². The Bertz CT molecular complexity index is 878. The number of pyridine rings is 2. The molecular weight excluding hydrogens is 358 g/mol. The molecule has 0 aliphatic rings. The van der Waals surface area contributed by atoms with E-state index in [4.69, 9.17) is 14.7 Å². The molecule has 0 aliphatic carbocycles. The summed E-state index contributed by atoms with van der Waals surface area (Å²) in [5, 5.41) is 12.8. The van der Waals surface area contributed by atoms with E-state index in [9.17, 15) is 4.79 Å². The Morgan fingerprint density at radius 1 is 1.07 bits per heavy atom. The summed E-state index contributed by atoms with van der Waals surface area (Å²) in [6.07, 6.45) is 8.61. The first kappa shape index (κ1) is 19.0. The number of hydrogen-bond donors (Lipinski definition) is 1. The zero-order chi connectivity index (χ0) is 19.6. The van der Waals surface area contributed by atoms with Gasteiger partial charge in [-0.05, 0) is 29.8 Å². The van der Waals surface area contributed by atoms with Crippen LogP contribution in [0.5, 0.6) is 5.75 Å². The smallest absolute Gasteiger partial charge is 0.341 e. The van der Waals surface area contributed by atoms with E-state index < -0.39 is 12.1 Å². The number of carboxylic acids is 1. The van der Waals surface area contributed by atoms with Gasteiger partial charge in [0.15, 0.2) is 12.7 Å². The van der Waals surface area contributed by atoms with Crippen molar-refractivity contribution in [2.75, 3.05) is 6.61 Å². The molecule has 1 aromatic carbocycles. The van der Waals surface area contributed by atoms with E-state index in [1.54, 1.807) is 49.2 Å². The lowest BCUT2D eigenvalue weighted by molar-refractivity contribution is -0.139. The van der Waals surface area contributed by atoms with Crippen LogP contribution in [0, 0.1) is 0 Å². The van der Waals surface area contributed by atoms with Crippen molar-refractivity contribution < 1.29 is 19.5 Å². The van der Waals surface area contributed by atoms with Crippen LogP contribution in [-0.2, 0) is 16.1 Å². The predicted molar refractivity (Wildman–Crippen MR) is 103 cm³/mol. The fourth-order valence-electron chi connectivity index (χ4n) is 2.53. The second-order valence-corrected chi connectivity index (χ2v) is 5.88. The Hall–Kier alpha value is -3.74. The second-order valence-electron chi connectivity index (χ2n) is 5.88. The number of nitrogens with zero attached hydrogens (tertiary/aromatic N) is 3.